The Hall–Kier alpha value is -1.95. The highest BCUT2D eigenvalue weighted by Gasteiger charge is 2.10. The fourth-order valence-corrected chi connectivity index (χ4v) is 1.67. The quantitative estimate of drug-likeness (QED) is 0.905. The maximum atomic E-state index is 11.8. The number of nitrogens with zero attached hydrogens (tertiary/aromatic N) is 3. The van der Waals surface area contributed by atoms with Crippen LogP contribution in [0.5, 0.6) is 0 Å². The second-order valence-corrected chi connectivity index (χ2v) is 4.07. The van der Waals surface area contributed by atoms with E-state index in [1.165, 1.54) is 12.6 Å². The molecule has 94 valence electrons. The molecule has 18 heavy (non-hydrogen) atoms. The van der Waals surface area contributed by atoms with E-state index in [1.807, 2.05) is 6.92 Å². The van der Waals surface area contributed by atoms with Crippen LogP contribution >= 0.6 is 11.6 Å². The van der Waals surface area contributed by atoms with Crippen molar-refractivity contribution in [3.63, 3.8) is 0 Å². The van der Waals surface area contributed by atoms with Crippen molar-refractivity contribution >= 4 is 17.5 Å². The lowest BCUT2D eigenvalue weighted by molar-refractivity contribution is 0.0953. The lowest BCUT2D eigenvalue weighted by atomic mass is 10.2. The highest BCUT2D eigenvalue weighted by atomic mass is 35.5. The van der Waals surface area contributed by atoms with Crippen molar-refractivity contribution < 1.29 is 9.32 Å². The van der Waals surface area contributed by atoms with E-state index in [4.69, 9.17) is 11.6 Å². The maximum absolute atomic E-state index is 11.8. The number of hydrogen-bond acceptors (Lipinski definition) is 5. The molecule has 7 heteroatoms. The topological polar surface area (TPSA) is 80.9 Å². The van der Waals surface area contributed by atoms with E-state index in [2.05, 4.69) is 25.0 Å². The summed E-state index contributed by atoms with van der Waals surface area (Å²) in [5.41, 5.74) is 1.12. The normalized spacial score (nSPS) is 10.3. The Bertz CT molecular complexity index is 542. The summed E-state index contributed by atoms with van der Waals surface area (Å²) in [4.78, 5) is 19.7. The van der Waals surface area contributed by atoms with Gasteiger partial charge in [-0.2, -0.15) is 4.98 Å². The van der Waals surface area contributed by atoms with Crippen molar-refractivity contribution in [1.82, 2.24) is 20.4 Å². The minimum absolute atomic E-state index is 0.268. The fraction of sp³-hybridized carbons (Fsp3) is 0.273. The van der Waals surface area contributed by atoms with Crippen molar-refractivity contribution in [3.05, 3.63) is 40.8 Å². The number of hydrogen-bond donors (Lipinski definition) is 1. The van der Waals surface area contributed by atoms with Gasteiger partial charge in [0, 0.05) is 24.9 Å². The zero-order valence-electron chi connectivity index (χ0n) is 9.68. The van der Waals surface area contributed by atoms with Crippen LogP contribution in [0.4, 0.5) is 0 Å². The first-order valence-corrected chi connectivity index (χ1v) is 5.70. The van der Waals surface area contributed by atoms with Gasteiger partial charge in [0.05, 0.1) is 10.6 Å². The number of halogens is 1. The molecule has 1 amide bonds. The Morgan fingerprint density at radius 3 is 3.00 bits per heavy atom. The number of nitrogens with one attached hydrogen (secondary N) is 1. The molecule has 0 aromatic carbocycles. The Kier molecular flexibility index (Phi) is 3.88. The molecule has 2 heterocycles. The number of pyridine rings is 1. The molecular weight excluding hydrogens is 256 g/mol. The van der Waals surface area contributed by atoms with Gasteiger partial charge in [-0.05, 0) is 13.0 Å². The van der Waals surface area contributed by atoms with Gasteiger partial charge in [-0.3, -0.25) is 9.78 Å². The first-order valence-electron chi connectivity index (χ1n) is 5.32. The summed E-state index contributed by atoms with van der Waals surface area (Å²) < 4.78 is 4.58. The molecule has 0 aliphatic heterocycles. The minimum Gasteiger partial charge on any atom is -0.351 e. The summed E-state index contributed by atoms with van der Waals surface area (Å²) in [6.45, 7) is 2.21. The maximum Gasteiger partial charge on any atom is 0.254 e. The Balaban J connectivity index is 1.91. The van der Waals surface area contributed by atoms with Crippen LogP contribution in [-0.4, -0.2) is 27.6 Å². The van der Waals surface area contributed by atoms with Crippen LogP contribution in [0.15, 0.2) is 23.2 Å². The molecule has 0 saturated carbocycles. The molecule has 2 aromatic heterocycles. The molecule has 0 bridgehead atoms. The second-order valence-electron chi connectivity index (χ2n) is 3.66. The van der Waals surface area contributed by atoms with Gasteiger partial charge in [-0.15, -0.1) is 0 Å². The summed E-state index contributed by atoms with van der Waals surface area (Å²) in [5.74, 6) is 0.277. The van der Waals surface area contributed by atoms with Gasteiger partial charge in [0.25, 0.3) is 5.91 Å². The van der Waals surface area contributed by atoms with Gasteiger partial charge in [0.15, 0.2) is 5.82 Å². The van der Waals surface area contributed by atoms with E-state index in [-0.39, 0.29) is 5.91 Å². The molecule has 0 fully saturated rings. The van der Waals surface area contributed by atoms with E-state index in [1.54, 1.807) is 6.07 Å². The molecule has 0 spiro atoms. The lowest BCUT2D eigenvalue weighted by Gasteiger charge is -2.05. The molecule has 0 aliphatic carbocycles. The van der Waals surface area contributed by atoms with Crippen molar-refractivity contribution in [1.29, 1.82) is 0 Å². The smallest absolute Gasteiger partial charge is 0.254 e. The number of rotatable bonds is 4. The summed E-state index contributed by atoms with van der Waals surface area (Å²) in [6, 6.07) is 1.65. The fourth-order valence-electron chi connectivity index (χ4n) is 1.38. The predicted octanol–water partition coefficient (Wildman–Crippen LogP) is 1.40. The SMILES string of the molecule is Cc1cc(Cl)c(C(=O)NCCc2ncon2)cn1. The first-order chi connectivity index (χ1) is 8.66. The summed E-state index contributed by atoms with van der Waals surface area (Å²) in [7, 11) is 0. The van der Waals surface area contributed by atoms with E-state index in [0.717, 1.165) is 5.69 Å². The van der Waals surface area contributed by atoms with E-state index in [9.17, 15) is 4.79 Å². The molecule has 1 N–H and O–H groups in total. The number of carbonyl (C=O) groups is 1. The van der Waals surface area contributed by atoms with Crippen molar-refractivity contribution in [3.8, 4) is 0 Å². The highest BCUT2D eigenvalue weighted by molar-refractivity contribution is 6.33. The van der Waals surface area contributed by atoms with Gasteiger partial charge >= 0.3 is 0 Å². The van der Waals surface area contributed by atoms with Crippen molar-refractivity contribution in [2.24, 2.45) is 0 Å². The third kappa shape index (κ3) is 3.04. The van der Waals surface area contributed by atoms with Crippen molar-refractivity contribution in [2.45, 2.75) is 13.3 Å². The third-order valence-electron chi connectivity index (χ3n) is 2.28. The Morgan fingerprint density at radius 1 is 1.50 bits per heavy atom. The van der Waals surface area contributed by atoms with E-state index in [0.29, 0.717) is 29.4 Å². The lowest BCUT2D eigenvalue weighted by Crippen LogP contribution is -2.26. The molecule has 0 aliphatic rings. The van der Waals surface area contributed by atoms with Gasteiger partial charge < -0.3 is 9.84 Å². The molecule has 6 nitrogen and oxygen atoms in total. The molecule has 0 atom stereocenters. The zero-order chi connectivity index (χ0) is 13.0. The standard InChI is InChI=1S/C11H11ClN4O2/c1-7-4-9(12)8(5-14-7)11(17)13-3-2-10-15-6-18-16-10/h4-6H,2-3H2,1H3,(H,13,17). The van der Waals surface area contributed by atoms with Gasteiger partial charge in [0.1, 0.15) is 0 Å². The van der Waals surface area contributed by atoms with Crippen molar-refractivity contribution in [2.75, 3.05) is 6.54 Å². The van der Waals surface area contributed by atoms with E-state index < -0.39 is 0 Å². The van der Waals surface area contributed by atoms with Crippen LogP contribution in [0.1, 0.15) is 21.9 Å². The summed E-state index contributed by atoms with van der Waals surface area (Å²) in [6.07, 6.45) is 3.21. The largest absolute Gasteiger partial charge is 0.351 e. The number of aromatic nitrogens is 3. The monoisotopic (exact) mass is 266 g/mol. The molecule has 0 radical (unpaired) electrons. The molecule has 2 rings (SSSR count). The van der Waals surface area contributed by atoms with Crippen LogP contribution in [0.3, 0.4) is 0 Å². The number of carbonyl (C=O) groups excluding carboxylic acids is 1. The van der Waals surface area contributed by atoms with Gasteiger partial charge in [0.2, 0.25) is 6.39 Å². The summed E-state index contributed by atoms with van der Waals surface area (Å²) in [5, 5.41) is 6.74. The Labute approximate surface area is 108 Å². The molecule has 2 aromatic rings. The van der Waals surface area contributed by atoms with E-state index >= 15 is 0 Å². The van der Waals surface area contributed by atoms with Crippen LogP contribution in [0.2, 0.25) is 5.02 Å². The van der Waals surface area contributed by atoms with Crippen LogP contribution in [0.25, 0.3) is 0 Å². The highest BCUT2D eigenvalue weighted by Crippen LogP contribution is 2.15. The average Bonchev–Trinajstić information content (AvgIpc) is 2.81. The minimum atomic E-state index is -0.268. The molecule has 0 saturated heterocycles. The number of amides is 1. The Morgan fingerprint density at radius 2 is 2.33 bits per heavy atom. The first kappa shape index (κ1) is 12.5. The number of aryl methyl sites for hydroxylation is 1. The summed E-state index contributed by atoms with van der Waals surface area (Å²) >= 11 is 5.96. The molecule has 0 unspecified atom stereocenters. The zero-order valence-corrected chi connectivity index (χ0v) is 10.4. The van der Waals surface area contributed by atoms with Gasteiger partial charge in [-0.1, -0.05) is 16.8 Å². The third-order valence-corrected chi connectivity index (χ3v) is 2.59. The molecular formula is C11H11ClN4O2. The predicted molar refractivity (Wildman–Crippen MR) is 64.3 cm³/mol. The average molecular weight is 267 g/mol. The van der Waals surface area contributed by atoms with Crippen LogP contribution in [0, 0.1) is 6.92 Å². The van der Waals surface area contributed by atoms with Crippen LogP contribution < -0.4 is 5.32 Å². The van der Waals surface area contributed by atoms with Crippen LogP contribution in [-0.2, 0) is 6.42 Å². The second kappa shape index (κ2) is 5.59. The van der Waals surface area contributed by atoms with Gasteiger partial charge in [-0.25, -0.2) is 0 Å².